The molecule has 0 saturated heterocycles. The van der Waals surface area contributed by atoms with Crippen molar-refractivity contribution in [2.45, 2.75) is 51.6 Å². The van der Waals surface area contributed by atoms with Gasteiger partial charge in [-0.1, -0.05) is 37.5 Å². The Bertz CT molecular complexity index is 333. The topological polar surface area (TPSA) is 54.2 Å². The highest BCUT2D eigenvalue weighted by atomic mass is 32.1. The third-order valence-electron chi connectivity index (χ3n) is 3.53. The van der Waals surface area contributed by atoms with E-state index in [9.17, 15) is 0 Å². The quantitative estimate of drug-likeness (QED) is 0.626. The highest BCUT2D eigenvalue weighted by Gasteiger charge is 2.20. The van der Waals surface area contributed by atoms with Crippen molar-refractivity contribution in [3.05, 3.63) is 11.1 Å². The lowest BCUT2D eigenvalue weighted by atomic mass is 9.94. The Hall–Kier alpha value is -0.650. The number of nitrogens with one attached hydrogen (secondary N) is 1. The second kappa shape index (κ2) is 6.33. The van der Waals surface area contributed by atoms with Crippen LogP contribution in [-0.4, -0.2) is 22.5 Å². The molecular weight excluding hydrogens is 232 g/mol. The van der Waals surface area contributed by atoms with E-state index in [0.29, 0.717) is 0 Å². The summed E-state index contributed by atoms with van der Waals surface area (Å²) < 4.78 is 0. The summed E-state index contributed by atoms with van der Waals surface area (Å²) in [6, 6.07) is 0.769. The fourth-order valence-corrected chi connectivity index (χ4v) is 3.34. The van der Waals surface area contributed by atoms with Crippen molar-refractivity contribution in [2.24, 2.45) is 5.84 Å². The van der Waals surface area contributed by atoms with E-state index in [1.165, 1.54) is 37.0 Å². The first kappa shape index (κ1) is 12.8. The van der Waals surface area contributed by atoms with Gasteiger partial charge in [0.05, 0.1) is 0 Å². The molecule has 1 heterocycles. The van der Waals surface area contributed by atoms with Gasteiger partial charge in [0.2, 0.25) is 0 Å². The number of hydrogen-bond acceptors (Lipinski definition) is 5. The van der Waals surface area contributed by atoms with Crippen LogP contribution in [0.1, 0.15) is 43.9 Å². The van der Waals surface area contributed by atoms with E-state index >= 15 is 0 Å². The predicted molar refractivity (Wildman–Crippen MR) is 72.9 cm³/mol. The van der Waals surface area contributed by atoms with Gasteiger partial charge in [0.15, 0.2) is 5.13 Å². The van der Waals surface area contributed by atoms with Crippen LogP contribution in [0.5, 0.6) is 0 Å². The molecule has 0 amide bonds. The van der Waals surface area contributed by atoms with Crippen LogP contribution in [0.25, 0.3) is 0 Å². The van der Waals surface area contributed by atoms with E-state index in [4.69, 9.17) is 5.84 Å². The normalized spacial score (nSPS) is 17.6. The Morgan fingerprint density at radius 3 is 2.82 bits per heavy atom. The molecule has 0 atom stereocenters. The Kier molecular flexibility index (Phi) is 4.76. The predicted octanol–water partition coefficient (Wildman–Crippen LogP) is 2.58. The van der Waals surface area contributed by atoms with Gasteiger partial charge in [0.25, 0.3) is 0 Å². The zero-order valence-electron chi connectivity index (χ0n) is 10.5. The minimum atomic E-state index is 0.769. The van der Waals surface area contributed by atoms with Crippen molar-refractivity contribution in [1.29, 1.82) is 0 Å². The molecule has 0 aliphatic heterocycles. The van der Waals surface area contributed by atoms with Crippen LogP contribution in [-0.2, 0) is 6.54 Å². The molecule has 1 aliphatic carbocycles. The maximum atomic E-state index is 5.35. The molecule has 4 nitrogen and oxygen atoms in total. The number of hydrazine groups is 1. The zero-order chi connectivity index (χ0) is 12.1. The molecule has 1 aromatic heterocycles. The van der Waals surface area contributed by atoms with Gasteiger partial charge < -0.3 is 0 Å². The van der Waals surface area contributed by atoms with Gasteiger partial charge in [0, 0.05) is 23.7 Å². The summed E-state index contributed by atoms with van der Waals surface area (Å²) in [6.07, 6.45) is 8.84. The monoisotopic (exact) mass is 254 g/mol. The van der Waals surface area contributed by atoms with Gasteiger partial charge >= 0.3 is 0 Å². The summed E-state index contributed by atoms with van der Waals surface area (Å²) in [5, 5.41) is 0.805. The van der Waals surface area contributed by atoms with Crippen LogP contribution in [0.15, 0.2) is 6.20 Å². The molecule has 1 fully saturated rings. The number of nitrogens with two attached hydrogens (primary N) is 1. The minimum absolute atomic E-state index is 0.769. The van der Waals surface area contributed by atoms with E-state index in [-0.39, 0.29) is 0 Å². The number of nitrogens with zero attached hydrogens (tertiary/aromatic N) is 2. The van der Waals surface area contributed by atoms with Crippen molar-refractivity contribution in [2.75, 3.05) is 12.0 Å². The standard InChI is InChI=1S/C12H22N4S/c1-2-16(10-6-4-3-5-7-10)9-11-8-14-12(15-13)17-11/h8,10H,2-7,9,13H2,1H3,(H,14,15). The molecule has 1 aliphatic rings. The van der Waals surface area contributed by atoms with Crippen molar-refractivity contribution in [3.8, 4) is 0 Å². The SMILES string of the molecule is CCN(Cc1cnc(NN)s1)C1CCCCC1. The lowest BCUT2D eigenvalue weighted by Crippen LogP contribution is -2.35. The fraction of sp³-hybridized carbons (Fsp3) is 0.750. The highest BCUT2D eigenvalue weighted by molar-refractivity contribution is 7.15. The number of anilines is 1. The highest BCUT2D eigenvalue weighted by Crippen LogP contribution is 2.25. The number of hydrogen-bond donors (Lipinski definition) is 2. The summed E-state index contributed by atoms with van der Waals surface area (Å²) in [5.74, 6) is 5.35. The van der Waals surface area contributed by atoms with E-state index < -0.39 is 0 Å². The molecular formula is C12H22N4S. The molecule has 0 unspecified atom stereocenters. The number of aromatic nitrogens is 1. The van der Waals surface area contributed by atoms with E-state index in [2.05, 4.69) is 22.2 Å². The second-order valence-electron chi connectivity index (χ2n) is 4.63. The Labute approximate surface area is 107 Å². The zero-order valence-corrected chi connectivity index (χ0v) is 11.3. The van der Waals surface area contributed by atoms with Gasteiger partial charge in [-0.3, -0.25) is 10.3 Å². The van der Waals surface area contributed by atoms with Crippen LogP contribution in [0, 0.1) is 0 Å². The van der Waals surface area contributed by atoms with Gasteiger partial charge in [0.1, 0.15) is 0 Å². The second-order valence-corrected chi connectivity index (χ2v) is 5.75. The molecule has 1 aromatic rings. The first-order valence-corrected chi connectivity index (χ1v) is 7.30. The lowest BCUT2D eigenvalue weighted by molar-refractivity contribution is 0.157. The van der Waals surface area contributed by atoms with Crippen LogP contribution in [0.2, 0.25) is 0 Å². The van der Waals surface area contributed by atoms with E-state index in [1.807, 2.05) is 6.20 Å². The van der Waals surface area contributed by atoms with Crippen molar-refractivity contribution in [1.82, 2.24) is 9.88 Å². The molecule has 1 saturated carbocycles. The Balaban J connectivity index is 1.93. The van der Waals surface area contributed by atoms with Crippen molar-refractivity contribution in [3.63, 3.8) is 0 Å². The van der Waals surface area contributed by atoms with Crippen LogP contribution >= 0.6 is 11.3 Å². The lowest BCUT2D eigenvalue weighted by Gasteiger charge is -2.33. The minimum Gasteiger partial charge on any atom is -0.300 e. The van der Waals surface area contributed by atoms with Crippen LogP contribution in [0.3, 0.4) is 0 Å². The fourth-order valence-electron chi connectivity index (χ4n) is 2.59. The smallest absolute Gasteiger partial charge is 0.197 e. The van der Waals surface area contributed by atoms with Gasteiger partial charge in [-0.2, -0.15) is 0 Å². The third kappa shape index (κ3) is 3.40. The van der Waals surface area contributed by atoms with Gasteiger partial charge in [-0.05, 0) is 19.4 Å². The summed E-state index contributed by atoms with van der Waals surface area (Å²) in [7, 11) is 0. The van der Waals surface area contributed by atoms with Gasteiger partial charge in [-0.25, -0.2) is 10.8 Å². The van der Waals surface area contributed by atoms with Crippen molar-refractivity contribution < 1.29 is 0 Å². The number of nitrogen functional groups attached to an aromatic ring is 1. The molecule has 17 heavy (non-hydrogen) atoms. The summed E-state index contributed by atoms with van der Waals surface area (Å²) in [6.45, 7) is 4.38. The maximum absolute atomic E-state index is 5.35. The van der Waals surface area contributed by atoms with Crippen molar-refractivity contribution >= 4 is 16.5 Å². The van der Waals surface area contributed by atoms with Gasteiger partial charge in [-0.15, -0.1) is 0 Å². The average Bonchev–Trinajstić information content (AvgIpc) is 2.84. The van der Waals surface area contributed by atoms with Crippen LogP contribution in [0.4, 0.5) is 5.13 Å². The largest absolute Gasteiger partial charge is 0.300 e. The number of rotatable bonds is 5. The molecule has 5 heteroatoms. The Morgan fingerprint density at radius 1 is 1.47 bits per heavy atom. The molecule has 0 radical (unpaired) electrons. The molecule has 3 N–H and O–H groups in total. The summed E-state index contributed by atoms with van der Waals surface area (Å²) in [5.41, 5.74) is 2.61. The number of thiazole rings is 1. The van der Waals surface area contributed by atoms with E-state index in [0.717, 1.165) is 24.3 Å². The molecule has 2 rings (SSSR count). The Morgan fingerprint density at radius 2 is 2.24 bits per heavy atom. The maximum Gasteiger partial charge on any atom is 0.197 e. The van der Waals surface area contributed by atoms with E-state index in [1.54, 1.807) is 11.3 Å². The molecule has 96 valence electrons. The third-order valence-corrected chi connectivity index (χ3v) is 4.45. The summed E-state index contributed by atoms with van der Waals surface area (Å²) in [4.78, 5) is 8.10. The average molecular weight is 254 g/mol. The first-order chi connectivity index (χ1) is 8.33. The summed E-state index contributed by atoms with van der Waals surface area (Å²) >= 11 is 1.65. The first-order valence-electron chi connectivity index (χ1n) is 6.49. The molecule has 0 bridgehead atoms. The molecule has 0 aromatic carbocycles. The van der Waals surface area contributed by atoms with Crippen LogP contribution < -0.4 is 11.3 Å². The molecule has 0 spiro atoms.